The van der Waals surface area contributed by atoms with Crippen LogP contribution in [0.1, 0.15) is 38.7 Å². The number of allylic oxidation sites excluding steroid dienone is 2. The minimum absolute atomic E-state index is 0.00167. The average Bonchev–Trinajstić information content (AvgIpc) is 2.45. The first-order valence-corrected chi connectivity index (χ1v) is 8.79. The van der Waals surface area contributed by atoms with Gasteiger partial charge in [-0.05, 0) is 0 Å². The molecule has 0 atom stereocenters. The third-order valence-electron chi connectivity index (χ3n) is 2.51. The standard InChI is InChI=1S/C17H20OSe/c1-3-5-7-12-17(19-4-2)16(18)14-13-15-10-8-6-9-11-15/h6,8-12H,3-5,7H2,1-2H3/b17-12-. The van der Waals surface area contributed by atoms with Gasteiger partial charge < -0.3 is 0 Å². The van der Waals surface area contributed by atoms with Crippen LogP contribution in [0.4, 0.5) is 0 Å². The van der Waals surface area contributed by atoms with Crippen LogP contribution >= 0.6 is 0 Å². The van der Waals surface area contributed by atoms with E-state index in [1.165, 1.54) is 0 Å². The van der Waals surface area contributed by atoms with Crippen LogP contribution in [-0.2, 0) is 4.79 Å². The molecule has 0 saturated heterocycles. The molecule has 0 heterocycles. The van der Waals surface area contributed by atoms with E-state index in [0.717, 1.165) is 34.6 Å². The molecule has 19 heavy (non-hydrogen) atoms. The predicted octanol–water partition coefficient (Wildman–Crippen LogP) is 3.82. The van der Waals surface area contributed by atoms with Crippen LogP contribution in [0.2, 0.25) is 5.32 Å². The summed E-state index contributed by atoms with van der Waals surface area (Å²) in [4.78, 5) is 12.1. The molecule has 0 saturated carbocycles. The van der Waals surface area contributed by atoms with Gasteiger partial charge in [-0.15, -0.1) is 0 Å². The van der Waals surface area contributed by atoms with E-state index in [-0.39, 0.29) is 20.7 Å². The fourth-order valence-electron chi connectivity index (χ4n) is 1.52. The van der Waals surface area contributed by atoms with Crippen molar-refractivity contribution in [2.24, 2.45) is 0 Å². The predicted molar refractivity (Wildman–Crippen MR) is 82.2 cm³/mol. The Morgan fingerprint density at radius 2 is 2.00 bits per heavy atom. The molecular weight excluding hydrogens is 299 g/mol. The van der Waals surface area contributed by atoms with Crippen molar-refractivity contribution >= 4 is 20.7 Å². The van der Waals surface area contributed by atoms with Gasteiger partial charge in [-0.3, -0.25) is 0 Å². The molecule has 0 bridgehead atoms. The number of rotatable bonds is 6. The van der Waals surface area contributed by atoms with Gasteiger partial charge in [0.2, 0.25) is 0 Å². The number of hydrogen-bond acceptors (Lipinski definition) is 1. The Hall–Kier alpha value is -1.29. The van der Waals surface area contributed by atoms with Crippen LogP contribution in [0, 0.1) is 11.8 Å². The summed E-state index contributed by atoms with van der Waals surface area (Å²) in [5.41, 5.74) is 0.896. The van der Waals surface area contributed by atoms with Gasteiger partial charge in [-0.25, -0.2) is 0 Å². The van der Waals surface area contributed by atoms with Crippen LogP contribution in [0.15, 0.2) is 40.9 Å². The summed E-state index contributed by atoms with van der Waals surface area (Å²) in [5.74, 6) is 5.71. The molecule has 0 spiro atoms. The van der Waals surface area contributed by atoms with Gasteiger partial charge >= 0.3 is 122 Å². The summed E-state index contributed by atoms with van der Waals surface area (Å²) in [6, 6.07) is 9.66. The third kappa shape index (κ3) is 6.43. The Kier molecular flexibility index (Phi) is 7.98. The molecule has 0 radical (unpaired) electrons. The van der Waals surface area contributed by atoms with Crippen LogP contribution in [0.25, 0.3) is 0 Å². The molecule has 1 nitrogen and oxygen atoms in total. The molecule has 0 aliphatic heterocycles. The summed E-state index contributed by atoms with van der Waals surface area (Å²) in [6.45, 7) is 4.28. The zero-order valence-electron chi connectivity index (χ0n) is 11.6. The van der Waals surface area contributed by atoms with Crippen molar-refractivity contribution in [3.05, 3.63) is 46.4 Å². The molecule has 0 amide bonds. The van der Waals surface area contributed by atoms with E-state index in [1.807, 2.05) is 30.3 Å². The van der Waals surface area contributed by atoms with Gasteiger partial charge in [0, 0.05) is 0 Å². The van der Waals surface area contributed by atoms with E-state index in [0.29, 0.717) is 0 Å². The van der Waals surface area contributed by atoms with E-state index >= 15 is 0 Å². The zero-order chi connectivity index (χ0) is 13.9. The number of carbonyl (C=O) groups is 1. The van der Waals surface area contributed by atoms with Gasteiger partial charge in [0.05, 0.1) is 0 Å². The van der Waals surface area contributed by atoms with Crippen LogP contribution < -0.4 is 0 Å². The van der Waals surface area contributed by atoms with Crippen molar-refractivity contribution in [1.82, 2.24) is 0 Å². The summed E-state index contributed by atoms with van der Waals surface area (Å²) in [6.07, 6.45) is 5.39. The molecule has 1 aromatic rings. The maximum absolute atomic E-state index is 12.1. The fourth-order valence-corrected chi connectivity index (χ4v) is 3.05. The topological polar surface area (TPSA) is 17.1 Å². The van der Waals surface area contributed by atoms with Crippen LogP contribution in [-0.4, -0.2) is 20.7 Å². The Morgan fingerprint density at radius 1 is 1.26 bits per heavy atom. The van der Waals surface area contributed by atoms with E-state index in [2.05, 4.69) is 31.8 Å². The number of carbonyl (C=O) groups excluding carboxylic acids is 1. The molecule has 0 fully saturated rings. The molecular formula is C17H20OSe. The van der Waals surface area contributed by atoms with E-state index < -0.39 is 0 Å². The maximum atomic E-state index is 12.1. The molecule has 1 aromatic carbocycles. The van der Waals surface area contributed by atoms with E-state index in [4.69, 9.17) is 0 Å². The first-order valence-electron chi connectivity index (χ1n) is 6.72. The monoisotopic (exact) mass is 320 g/mol. The SMILES string of the molecule is CCCC/C=C(\[Se]CC)C(=O)C#Cc1ccccc1. The van der Waals surface area contributed by atoms with Crippen LogP contribution in [0.5, 0.6) is 0 Å². The van der Waals surface area contributed by atoms with Crippen molar-refractivity contribution in [1.29, 1.82) is 0 Å². The van der Waals surface area contributed by atoms with E-state index in [1.54, 1.807) is 0 Å². The Morgan fingerprint density at radius 3 is 2.63 bits per heavy atom. The second-order valence-corrected chi connectivity index (χ2v) is 6.83. The Labute approximate surface area is 122 Å². The molecule has 0 aliphatic rings. The van der Waals surface area contributed by atoms with Crippen molar-refractivity contribution in [3.63, 3.8) is 0 Å². The fraction of sp³-hybridized carbons (Fsp3) is 0.353. The second-order valence-electron chi connectivity index (χ2n) is 4.09. The molecule has 0 N–H and O–H groups in total. The summed E-state index contributed by atoms with van der Waals surface area (Å²) < 4.78 is 0.937. The quantitative estimate of drug-likeness (QED) is 0.337. The van der Waals surface area contributed by atoms with Gasteiger partial charge in [0.15, 0.2) is 0 Å². The summed E-state index contributed by atoms with van der Waals surface area (Å²) >= 11 is 0.260. The van der Waals surface area contributed by atoms with Crippen molar-refractivity contribution in [2.45, 2.75) is 38.4 Å². The number of benzene rings is 1. The van der Waals surface area contributed by atoms with Crippen molar-refractivity contribution < 1.29 is 4.79 Å². The van der Waals surface area contributed by atoms with E-state index in [9.17, 15) is 4.79 Å². The first kappa shape index (κ1) is 15.8. The Balaban J connectivity index is 2.72. The van der Waals surface area contributed by atoms with Gasteiger partial charge in [-0.1, -0.05) is 0 Å². The molecule has 1 rings (SSSR count). The third-order valence-corrected chi connectivity index (χ3v) is 4.50. The Bertz CT molecular complexity index is 477. The average molecular weight is 319 g/mol. The summed E-state index contributed by atoms with van der Waals surface area (Å²) in [7, 11) is 0. The number of ketones is 1. The first-order chi connectivity index (χ1) is 9.27. The molecule has 2 heteroatoms. The summed E-state index contributed by atoms with van der Waals surface area (Å²) in [5, 5.41) is 1.05. The van der Waals surface area contributed by atoms with Gasteiger partial charge in [0.25, 0.3) is 0 Å². The number of unbranched alkanes of at least 4 members (excludes halogenated alkanes) is 2. The molecule has 0 aromatic heterocycles. The van der Waals surface area contributed by atoms with Crippen molar-refractivity contribution in [3.8, 4) is 11.8 Å². The van der Waals surface area contributed by atoms with Crippen LogP contribution in [0.3, 0.4) is 0 Å². The number of hydrogen-bond donors (Lipinski definition) is 0. The minimum atomic E-state index is 0.00167. The van der Waals surface area contributed by atoms with Crippen molar-refractivity contribution in [2.75, 3.05) is 0 Å². The zero-order valence-corrected chi connectivity index (χ0v) is 13.3. The van der Waals surface area contributed by atoms with Gasteiger partial charge in [-0.2, -0.15) is 0 Å². The molecule has 100 valence electrons. The molecule has 0 unspecified atom stereocenters. The second kappa shape index (κ2) is 9.61. The number of Topliss-reactive ketones (excluding diaryl/α,β-unsaturated/α-hetero) is 1. The normalized spacial score (nSPS) is 10.7. The molecule has 0 aliphatic carbocycles. The van der Waals surface area contributed by atoms with Gasteiger partial charge in [0.1, 0.15) is 0 Å².